The maximum absolute atomic E-state index is 13.8. The fourth-order valence-corrected chi connectivity index (χ4v) is 8.60. The van der Waals surface area contributed by atoms with Crippen molar-refractivity contribution in [3.8, 4) is 5.75 Å². The molecule has 0 radical (unpaired) electrons. The third-order valence-corrected chi connectivity index (χ3v) is 11.2. The second-order valence-electron chi connectivity index (χ2n) is 14.2. The van der Waals surface area contributed by atoms with Gasteiger partial charge < -0.3 is 28.6 Å². The molecular formula is C37H54NO10P. The number of fused-ring (bicyclic) bond motifs is 1. The summed E-state index contributed by atoms with van der Waals surface area (Å²) in [7, 11) is -3.71. The Morgan fingerprint density at radius 1 is 1.06 bits per heavy atom. The van der Waals surface area contributed by atoms with E-state index in [9.17, 15) is 24.1 Å². The zero-order chi connectivity index (χ0) is 35.7. The minimum atomic E-state index is -3.71. The number of carbonyl (C=O) groups excluding carboxylic acids is 3. The van der Waals surface area contributed by atoms with E-state index in [2.05, 4.69) is 37.2 Å². The second kappa shape index (κ2) is 17.8. The molecule has 1 aliphatic heterocycles. The predicted molar refractivity (Wildman–Crippen MR) is 184 cm³/mol. The summed E-state index contributed by atoms with van der Waals surface area (Å²) in [6.07, 6.45) is 7.62. The van der Waals surface area contributed by atoms with Gasteiger partial charge in [-0.15, -0.1) is 0 Å². The predicted octanol–water partition coefficient (Wildman–Crippen LogP) is 6.35. The van der Waals surface area contributed by atoms with Gasteiger partial charge in [0.2, 0.25) is 0 Å². The molecule has 2 aliphatic carbocycles. The molecule has 2 N–H and O–H groups in total. The van der Waals surface area contributed by atoms with Gasteiger partial charge in [0.15, 0.2) is 0 Å². The Morgan fingerprint density at radius 2 is 1.80 bits per heavy atom. The summed E-state index contributed by atoms with van der Waals surface area (Å²) in [4.78, 5) is 37.8. The Hall–Kier alpha value is -2.98. The number of allylic oxidation sites excluding steroid dienone is 3. The number of aliphatic hydroxyl groups is 1. The smallest absolute Gasteiger partial charge is 0.342 e. The van der Waals surface area contributed by atoms with Crippen LogP contribution in [0.5, 0.6) is 5.75 Å². The first-order valence-electron chi connectivity index (χ1n) is 17.6. The summed E-state index contributed by atoms with van der Waals surface area (Å²) in [6, 6.07) is 7.74. The van der Waals surface area contributed by atoms with E-state index >= 15 is 0 Å². The maximum atomic E-state index is 13.8. The lowest BCUT2D eigenvalue weighted by Gasteiger charge is -2.43. The van der Waals surface area contributed by atoms with Crippen LogP contribution in [0.4, 0.5) is 0 Å². The summed E-state index contributed by atoms with van der Waals surface area (Å²) in [5.74, 6) is -0.675. The molecule has 3 aliphatic rings. The number of cyclic esters (lactones) is 1. The quantitative estimate of drug-likeness (QED) is 0.0859. The maximum Gasteiger partial charge on any atom is 0.342 e. The van der Waals surface area contributed by atoms with Gasteiger partial charge in [0.1, 0.15) is 30.3 Å². The van der Waals surface area contributed by atoms with Crippen molar-refractivity contribution in [2.45, 2.75) is 111 Å². The molecule has 4 rings (SSSR count). The van der Waals surface area contributed by atoms with Crippen LogP contribution in [-0.4, -0.2) is 66.4 Å². The van der Waals surface area contributed by atoms with E-state index in [0.717, 1.165) is 6.42 Å². The van der Waals surface area contributed by atoms with Gasteiger partial charge >= 0.3 is 25.4 Å². The molecule has 1 aromatic rings. The highest BCUT2D eigenvalue weighted by Gasteiger charge is 2.42. The number of benzene rings is 1. The largest absolute Gasteiger partial charge is 0.462 e. The normalized spacial score (nSPS) is 29.1. The standard InChI is InChI=1S/C37H54NO10P/c1-23(2)45-37(42)27(6)38-49(43,48-30-10-8-7-9-11-30)22-44-17-16-26(5)36(41)47-33-19-24(3)18-28-13-12-25(4)32(35(28)33)15-14-31-20-29(39)21-34(40)46-31/h7-13,18,23-27,29,31-33,35,39H,14-17,19-22H2,1-6H3,(H,38,43)/t24-,25-,26-,27-,29+,31+,32-,33-,35-,49?/m0/s1. The van der Waals surface area contributed by atoms with Crippen molar-refractivity contribution in [3.05, 3.63) is 54.1 Å². The number of carbonyl (C=O) groups is 3. The van der Waals surface area contributed by atoms with E-state index in [1.54, 1.807) is 52.0 Å². The molecule has 272 valence electrons. The van der Waals surface area contributed by atoms with Crippen molar-refractivity contribution < 1.29 is 47.5 Å². The van der Waals surface area contributed by atoms with Crippen molar-refractivity contribution in [1.29, 1.82) is 0 Å². The van der Waals surface area contributed by atoms with Crippen molar-refractivity contribution in [2.24, 2.45) is 29.6 Å². The van der Waals surface area contributed by atoms with Crippen LogP contribution in [-0.2, 0) is 37.9 Å². The number of esters is 3. The number of hydrogen-bond donors (Lipinski definition) is 2. The Kier molecular flexibility index (Phi) is 14.1. The van der Waals surface area contributed by atoms with Gasteiger partial charge in [0, 0.05) is 18.9 Å². The van der Waals surface area contributed by atoms with E-state index in [-0.39, 0.29) is 73.3 Å². The van der Waals surface area contributed by atoms with Gasteiger partial charge in [-0.3, -0.25) is 18.9 Å². The lowest BCUT2D eigenvalue weighted by atomic mass is 9.65. The number of rotatable bonds is 16. The van der Waals surface area contributed by atoms with Crippen LogP contribution >= 0.6 is 7.52 Å². The van der Waals surface area contributed by atoms with Crippen LogP contribution in [0.25, 0.3) is 0 Å². The van der Waals surface area contributed by atoms with E-state index in [0.29, 0.717) is 31.4 Å². The van der Waals surface area contributed by atoms with Crippen LogP contribution in [0.2, 0.25) is 0 Å². The molecule has 10 atom stereocenters. The number of para-hydroxylation sites is 1. The number of nitrogens with one attached hydrogen (secondary N) is 1. The van der Waals surface area contributed by atoms with Crippen molar-refractivity contribution in [3.63, 3.8) is 0 Å². The molecule has 1 unspecified atom stereocenters. The topological polar surface area (TPSA) is 147 Å². The fourth-order valence-electron chi connectivity index (χ4n) is 6.89. The highest BCUT2D eigenvalue weighted by Crippen LogP contribution is 2.46. The average Bonchev–Trinajstić information content (AvgIpc) is 3.02. The first-order chi connectivity index (χ1) is 23.2. The first kappa shape index (κ1) is 38.8. The van der Waals surface area contributed by atoms with Crippen LogP contribution < -0.4 is 9.61 Å². The molecule has 0 amide bonds. The van der Waals surface area contributed by atoms with Crippen LogP contribution in [0, 0.1) is 29.6 Å². The highest BCUT2D eigenvalue weighted by molar-refractivity contribution is 7.57. The molecule has 1 aromatic carbocycles. The summed E-state index contributed by atoms with van der Waals surface area (Å²) >= 11 is 0. The first-order valence-corrected chi connectivity index (χ1v) is 19.4. The summed E-state index contributed by atoms with van der Waals surface area (Å²) in [6.45, 7) is 11.2. The minimum Gasteiger partial charge on any atom is -0.462 e. The number of hydrogen-bond acceptors (Lipinski definition) is 10. The molecule has 1 heterocycles. The van der Waals surface area contributed by atoms with Gasteiger partial charge in [0.25, 0.3) is 0 Å². The molecule has 0 saturated carbocycles. The highest BCUT2D eigenvalue weighted by atomic mass is 31.2. The molecule has 11 nitrogen and oxygen atoms in total. The Labute approximate surface area is 290 Å². The van der Waals surface area contributed by atoms with Crippen LogP contribution in [0.15, 0.2) is 54.1 Å². The third kappa shape index (κ3) is 11.5. The van der Waals surface area contributed by atoms with E-state index in [1.165, 1.54) is 5.57 Å². The SMILES string of the molecule is CC(C)OC(=O)[C@H](C)NP(=O)(COCC[C@H](C)C(=O)O[C@H]1C[C@@H](C)C=C2C=C[C@H](C)[C@H](CC[C@@H]3C[C@@H](O)CC(=O)O3)[C@H]21)Oc1ccccc1. The van der Waals surface area contributed by atoms with E-state index in [4.69, 9.17) is 23.5 Å². The lowest BCUT2D eigenvalue weighted by Crippen LogP contribution is -2.42. The second-order valence-corrected chi connectivity index (χ2v) is 16.2. The fraction of sp³-hybridized carbons (Fsp3) is 0.649. The molecule has 49 heavy (non-hydrogen) atoms. The Balaban J connectivity index is 1.34. The Morgan fingerprint density at radius 3 is 2.49 bits per heavy atom. The average molecular weight is 704 g/mol. The molecular weight excluding hydrogens is 649 g/mol. The van der Waals surface area contributed by atoms with E-state index in [1.807, 2.05) is 6.07 Å². The minimum absolute atomic E-state index is 0.0179. The van der Waals surface area contributed by atoms with E-state index < -0.39 is 31.6 Å². The zero-order valence-corrected chi connectivity index (χ0v) is 30.5. The molecule has 1 saturated heterocycles. The van der Waals surface area contributed by atoms with Crippen molar-refractivity contribution >= 4 is 25.4 Å². The van der Waals surface area contributed by atoms with Gasteiger partial charge in [-0.05, 0) is 81.9 Å². The van der Waals surface area contributed by atoms with Gasteiger partial charge in [0.05, 0.1) is 24.5 Å². The molecule has 0 bridgehead atoms. The Bertz CT molecular complexity index is 1380. The van der Waals surface area contributed by atoms with Crippen molar-refractivity contribution in [1.82, 2.24) is 5.09 Å². The monoisotopic (exact) mass is 703 g/mol. The summed E-state index contributed by atoms with van der Waals surface area (Å²) in [5.41, 5.74) is 1.17. The molecule has 1 fully saturated rings. The molecule has 0 spiro atoms. The lowest BCUT2D eigenvalue weighted by molar-refractivity contribution is -0.162. The van der Waals surface area contributed by atoms with Gasteiger partial charge in [-0.1, -0.05) is 57.2 Å². The molecule has 0 aromatic heterocycles. The van der Waals surface area contributed by atoms with Gasteiger partial charge in [-0.25, -0.2) is 5.09 Å². The van der Waals surface area contributed by atoms with Crippen LogP contribution in [0.1, 0.15) is 80.1 Å². The van der Waals surface area contributed by atoms with Crippen molar-refractivity contribution in [2.75, 3.05) is 13.0 Å². The third-order valence-electron chi connectivity index (χ3n) is 9.37. The zero-order valence-electron chi connectivity index (χ0n) is 29.6. The molecule has 12 heteroatoms. The number of aliphatic hydroxyl groups excluding tert-OH is 1. The number of ether oxygens (including phenoxy) is 4. The summed E-state index contributed by atoms with van der Waals surface area (Å²) in [5, 5.41) is 12.9. The summed E-state index contributed by atoms with van der Waals surface area (Å²) < 4.78 is 42.4. The van der Waals surface area contributed by atoms with Gasteiger partial charge in [-0.2, -0.15) is 0 Å². The van der Waals surface area contributed by atoms with Crippen LogP contribution in [0.3, 0.4) is 0 Å².